The summed E-state index contributed by atoms with van der Waals surface area (Å²) in [5, 5.41) is 12.9. The number of hydrogen-bond acceptors (Lipinski definition) is 4. The molecule has 2 heterocycles. The number of benzene rings is 1. The zero-order valence-corrected chi connectivity index (χ0v) is 13.7. The number of nitrogens with one attached hydrogen (secondary N) is 1. The van der Waals surface area contributed by atoms with Gasteiger partial charge in [-0.25, -0.2) is 9.78 Å². The summed E-state index contributed by atoms with van der Waals surface area (Å²) in [6.45, 7) is 3.78. The topological polar surface area (TPSA) is 79.6 Å². The van der Waals surface area contributed by atoms with E-state index >= 15 is 0 Å². The summed E-state index contributed by atoms with van der Waals surface area (Å²) in [5.41, 5.74) is -0.183. The molecular weight excluding hydrogens is 308 g/mol. The van der Waals surface area contributed by atoms with Gasteiger partial charge in [0.2, 0.25) is 0 Å². The van der Waals surface area contributed by atoms with Crippen molar-refractivity contribution in [2.45, 2.75) is 25.5 Å². The van der Waals surface area contributed by atoms with Gasteiger partial charge in [0, 0.05) is 18.9 Å². The van der Waals surface area contributed by atoms with Gasteiger partial charge in [-0.15, -0.1) is 0 Å². The van der Waals surface area contributed by atoms with Crippen molar-refractivity contribution >= 4 is 11.7 Å². The second kappa shape index (κ2) is 6.92. The summed E-state index contributed by atoms with van der Waals surface area (Å²) in [7, 11) is 0. The van der Waals surface area contributed by atoms with Gasteiger partial charge in [0.25, 0.3) is 0 Å². The van der Waals surface area contributed by atoms with E-state index < -0.39 is 5.60 Å². The van der Waals surface area contributed by atoms with E-state index in [0.29, 0.717) is 44.1 Å². The molecule has 128 valence electrons. The molecule has 1 unspecified atom stereocenters. The van der Waals surface area contributed by atoms with E-state index in [1.807, 2.05) is 29.0 Å². The lowest BCUT2D eigenvalue weighted by molar-refractivity contribution is 0.0727. The first kappa shape index (κ1) is 16.3. The maximum absolute atomic E-state index is 12.4. The Morgan fingerprint density at radius 2 is 2.29 bits per heavy atom. The molecule has 24 heavy (non-hydrogen) atoms. The van der Waals surface area contributed by atoms with Gasteiger partial charge in [0.1, 0.15) is 12.4 Å². The number of urea groups is 1. The second-order valence-corrected chi connectivity index (χ2v) is 6.24. The van der Waals surface area contributed by atoms with Crippen LogP contribution in [0.25, 0.3) is 0 Å². The summed E-state index contributed by atoms with van der Waals surface area (Å²) < 4.78 is 7.71. The minimum Gasteiger partial charge on any atom is -0.490 e. The Hall–Kier alpha value is -2.54. The zero-order valence-electron chi connectivity index (χ0n) is 13.7. The van der Waals surface area contributed by atoms with Crippen molar-refractivity contribution in [3.8, 4) is 5.75 Å². The van der Waals surface area contributed by atoms with Gasteiger partial charge in [-0.05, 0) is 25.5 Å². The highest BCUT2D eigenvalue weighted by molar-refractivity contribution is 5.91. The fourth-order valence-corrected chi connectivity index (χ4v) is 2.69. The molecule has 1 atom stereocenters. The lowest BCUT2D eigenvalue weighted by Crippen LogP contribution is -2.36. The molecule has 1 aliphatic rings. The average Bonchev–Trinajstić information content (AvgIpc) is 3.18. The largest absolute Gasteiger partial charge is 0.490 e. The van der Waals surface area contributed by atoms with E-state index in [9.17, 15) is 9.90 Å². The lowest BCUT2D eigenvalue weighted by Gasteiger charge is -2.20. The van der Waals surface area contributed by atoms with E-state index in [1.165, 1.54) is 0 Å². The van der Waals surface area contributed by atoms with Crippen LogP contribution in [0.15, 0.2) is 43.0 Å². The van der Waals surface area contributed by atoms with Crippen molar-refractivity contribution in [1.29, 1.82) is 0 Å². The van der Waals surface area contributed by atoms with Crippen molar-refractivity contribution in [2.24, 2.45) is 0 Å². The summed E-state index contributed by atoms with van der Waals surface area (Å²) in [6, 6.07) is 7.11. The molecule has 1 fully saturated rings. The molecule has 1 aromatic carbocycles. The zero-order chi connectivity index (χ0) is 17.0. The molecule has 0 radical (unpaired) electrons. The molecule has 7 nitrogen and oxygen atoms in total. The number of imidazole rings is 1. The third-order valence-corrected chi connectivity index (χ3v) is 4.03. The van der Waals surface area contributed by atoms with Gasteiger partial charge in [-0.1, -0.05) is 12.1 Å². The molecule has 1 aromatic heterocycles. The molecule has 3 rings (SSSR count). The molecule has 7 heteroatoms. The van der Waals surface area contributed by atoms with Crippen LogP contribution in [0, 0.1) is 0 Å². The first-order chi connectivity index (χ1) is 11.5. The highest BCUT2D eigenvalue weighted by Gasteiger charge is 2.34. The van der Waals surface area contributed by atoms with Crippen molar-refractivity contribution in [1.82, 2.24) is 14.5 Å². The van der Waals surface area contributed by atoms with Gasteiger partial charge >= 0.3 is 6.03 Å². The predicted molar refractivity (Wildman–Crippen MR) is 90.0 cm³/mol. The van der Waals surface area contributed by atoms with E-state index in [0.717, 1.165) is 0 Å². The number of β-amino-alcohol motifs (C(OH)–C–C–N with tert-alkyl or cyclic N) is 1. The standard InChI is InChI=1S/C17H22N4O3/c1-17(23)6-8-21(12-17)16(22)19-14-4-2-3-5-15(14)24-11-10-20-9-7-18-13-20/h2-5,7,9,13,23H,6,8,10-12H2,1H3,(H,19,22). The number of carbonyl (C=O) groups excluding carboxylic acids is 1. The van der Waals surface area contributed by atoms with Crippen molar-refractivity contribution in [3.63, 3.8) is 0 Å². The Bertz CT molecular complexity index is 685. The summed E-state index contributed by atoms with van der Waals surface area (Å²) in [5.74, 6) is 0.622. The Morgan fingerprint density at radius 1 is 1.46 bits per heavy atom. The maximum Gasteiger partial charge on any atom is 0.322 e. The molecule has 1 aliphatic heterocycles. The first-order valence-electron chi connectivity index (χ1n) is 7.99. The number of nitrogens with zero attached hydrogens (tertiary/aromatic N) is 3. The van der Waals surface area contributed by atoms with Crippen molar-refractivity contribution in [2.75, 3.05) is 25.0 Å². The predicted octanol–water partition coefficient (Wildman–Crippen LogP) is 1.95. The number of aromatic nitrogens is 2. The third kappa shape index (κ3) is 4.05. The fraction of sp³-hybridized carbons (Fsp3) is 0.412. The Morgan fingerprint density at radius 3 is 3.00 bits per heavy atom. The van der Waals surface area contributed by atoms with E-state index in [1.54, 1.807) is 30.4 Å². The van der Waals surface area contributed by atoms with Crippen LogP contribution in [0.2, 0.25) is 0 Å². The summed E-state index contributed by atoms with van der Waals surface area (Å²) in [6.07, 6.45) is 5.91. The molecule has 2 N–H and O–H groups in total. The van der Waals surface area contributed by atoms with Crippen LogP contribution in [0.1, 0.15) is 13.3 Å². The Balaban J connectivity index is 1.58. The summed E-state index contributed by atoms with van der Waals surface area (Å²) in [4.78, 5) is 17.9. The van der Waals surface area contributed by atoms with Crippen LogP contribution in [0.5, 0.6) is 5.75 Å². The minimum absolute atomic E-state index is 0.224. The van der Waals surface area contributed by atoms with Crippen molar-refractivity contribution in [3.05, 3.63) is 43.0 Å². The molecule has 0 bridgehead atoms. The van der Waals surface area contributed by atoms with Crippen LogP contribution in [-0.4, -0.2) is 50.9 Å². The van der Waals surface area contributed by atoms with Gasteiger partial charge in [-0.2, -0.15) is 0 Å². The quantitative estimate of drug-likeness (QED) is 0.878. The van der Waals surface area contributed by atoms with Crippen molar-refractivity contribution < 1.29 is 14.6 Å². The molecule has 1 saturated heterocycles. The van der Waals surface area contributed by atoms with Gasteiger partial charge in [-0.3, -0.25) is 0 Å². The van der Waals surface area contributed by atoms with Crippen LogP contribution in [0.3, 0.4) is 0 Å². The Kier molecular flexibility index (Phi) is 4.71. The molecular formula is C17H22N4O3. The fourth-order valence-electron chi connectivity index (χ4n) is 2.69. The van der Waals surface area contributed by atoms with E-state index in [-0.39, 0.29) is 6.03 Å². The lowest BCUT2D eigenvalue weighted by atomic mass is 10.1. The van der Waals surface area contributed by atoms with Gasteiger partial charge in [0.05, 0.1) is 30.7 Å². The van der Waals surface area contributed by atoms with Crippen LogP contribution < -0.4 is 10.1 Å². The maximum atomic E-state index is 12.4. The normalized spacial score (nSPS) is 20.2. The number of aliphatic hydroxyl groups is 1. The molecule has 0 aliphatic carbocycles. The molecule has 2 amide bonds. The summed E-state index contributed by atoms with van der Waals surface area (Å²) >= 11 is 0. The third-order valence-electron chi connectivity index (χ3n) is 4.03. The highest BCUT2D eigenvalue weighted by atomic mass is 16.5. The number of ether oxygens (including phenoxy) is 1. The minimum atomic E-state index is -0.807. The second-order valence-electron chi connectivity index (χ2n) is 6.24. The molecule has 0 saturated carbocycles. The highest BCUT2D eigenvalue weighted by Crippen LogP contribution is 2.26. The number of para-hydroxylation sites is 2. The van der Waals surface area contributed by atoms with E-state index in [2.05, 4.69) is 10.3 Å². The number of carbonyl (C=O) groups is 1. The monoisotopic (exact) mass is 330 g/mol. The number of amides is 2. The average molecular weight is 330 g/mol. The van der Waals surface area contributed by atoms with Gasteiger partial charge < -0.3 is 24.6 Å². The number of likely N-dealkylation sites (tertiary alicyclic amines) is 1. The van der Waals surface area contributed by atoms with Gasteiger partial charge in [0.15, 0.2) is 0 Å². The first-order valence-corrected chi connectivity index (χ1v) is 7.99. The number of hydrogen-bond donors (Lipinski definition) is 2. The van der Waals surface area contributed by atoms with E-state index in [4.69, 9.17) is 4.74 Å². The SMILES string of the molecule is CC1(O)CCN(C(=O)Nc2ccccc2OCCn2ccnc2)C1. The molecule has 0 spiro atoms. The Labute approximate surface area is 140 Å². The molecule has 2 aromatic rings. The number of rotatable bonds is 5. The van der Waals surface area contributed by atoms with Crippen LogP contribution in [0.4, 0.5) is 10.5 Å². The smallest absolute Gasteiger partial charge is 0.322 e. The number of anilines is 1. The van der Waals surface area contributed by atoms with Crippen LogP contribution in [-0.2, 0) is 6.54 Å². The van der Waals surface area contributed by atoms with Crippen LogP contribution >= 0.6 is 0 Å².